The quantitative estimate of drug-likeness (QED) is 0.260. The predicted octanol–water partition coefficient (Wildman–Crippen LogP) is 8.16. The van der Waals surface area contributed by atoms with Crippen molar-refractivity contribution in [1.29, 1.82) is 0 Å². The van der Waals surface area contributed by atoms with Crippen LogP contribution in [-0.4, -0.2) is 11.0 Å². The average molecular weight is 461 g/mol. The molecule has 0 fully saturated rings. The van der Waals surface area contributed by atoms with Crippen molar-refractivity contribution in [2.24, 2.45) is 0 Å². The van der Waals surface area contributed by atoms with Gasteiger partial charge in [-0.05, 0) is 56.2 Å². The summed E-state index contributed by atoms with van der Waals surface area (Å²) in [6.07, 6.45) is 1.54. The number of hydrogen-bond acceptors (Lipinski definition) is 4. The fraction of sp³-hybridized carbons (Fsp3) is 0.148. The van der Waals surface area contributed by atoms with E-state index in [9.17, 15) is 4.39 Å². The Labute approximate surface area is 198 Å². The number of aryl methyl sites for hydroxylation is 1. The minimum absolute atomic E-state index is 0.281. The molecule has 6 heteroatoms. The predicted molar refractivity (Wildman–Crippen MR) is 138 cm³/mol. The van der Waals surface area contributed by atoms with Crippen molar-refractivity contribution >= 4 is 40.2 Å². The highest BCUT2D eigenvalue weighted by molar-refractivity contribution is 6.33. The molecule has 4 aromatic rings. The molecule has 0 aliphatic carbocycles. The summed E-state index contributed by atoms with van der Waals surface area (Å²) in [5.41, 5.74) is 5.82. The lowest BCUT2D eigenvalue weighted by Crippen LogP contribution is -2.11. The van der Waals surface area contributed by atoms with E-state index in [0.29, 0.717) is 22.2 Å². The standard InChI is InChI=1S/C27H26ClFN4/c1-17(2)31-24-6-4-5-7-25(24)32-26-15-27(30-16-21(26)28)33-23-13-12-20(14-22(23)29)19-10-8-18(3)9-11-19/h4-17,31H,1-3H3,(H2,30,32,33). The molecular formula is C27H26ClFN4. The minimum atomic E-state index is -0.356. The molecule has 1 heterocycles. The molecule has 168 valence electrons. The Morgan fingerprint density at radius 2 is 1.48 bits per heavy atom. The van der Waals surface area contributed by atoms with Gasteiger partial charge in [-0.2, -0.15) is 0 Å². The molecule has 0 aliphatic heterocycles. The minimum Gasteiger partial charge on any atom is -0.381 e. The van der Waals surface area contributed by atoms with Crippen molar-refractivity contribution < 1.29 is 4.39 Å². The highest BCUT2D eigenvalue weighted by atomic mass is 35.5. The lowest BCUT2D eigenvalue weighted by Gasteiger charge is -2.17. The summed E-state index contributed by atoms with van der Waals surface area (Å²) >= 11 is 6.39. The number of pyridine rings is 1. The van der Waals surface area contributed by atoms with Crippen LogP contribution in [0.5, 0.6) is 0 Å². The maximum Gasteiger partial charge on any atom is 0.147 e. The third kappa shape index (κ3) is 5.62. The number of aromatic nitrogens is 1. The van der Waals surface area contributed by atoms with Crippen molar-refractivity contribution in [3.63, 3.8) is 0 Å². The SMILES string of the molecule is Cc1ccc(-c2ccc(Nc3cc(Nc4ccccc4NC(C)C)c(Cl)cn3)c(F)c2)cc1. The molecule has 0 saturated carbocycles. The lowest BCUT2D eigenvalue weighted by molar-refractivity contribution is 0.632. The maximum atomic E-state index is 14.9. The van der Waals surface area contributed by atoms with E-state index in [1.165, 1.54) is 11.6 Å². The van der Waals surface area contributed by atoms with E-state index in [4.69, 9.17) is 11.6 Å². The van der Waals surface area contributed by atoms with Crippen molar-refractivity contribution in [2.45, 2.75) is 26.8 Å². The Morgan fingerprint density at radius 3 is 2.18 bits per heavy atom. The molecule has 1 aromatic heterocycles. The van der Waals surface area contributed by atoms with E-state index < -0.39 is 0 Å². The normalized spacial score (nSPS) is 10.8. The van der Waals surface area contributed by atoms with Crippen LogP contribution in [0.15, 0.2) is 79.0 Å². The Hall–Kier alpha value is -3.57. The van der Waals surface area contributed by atoms with Crippen LogP contribution in [0, 0.1) is 12.7 Å². The van der Waals surface area contributed by atoms with Crippen LogP contribution >= 0.6 is 11.6 Å². The molecule has 0 aliphatic rings. The first-order chi connectivity index (χ1) is 15.9. The third-order valence-electron chi connectivity index (χ3n) is 5.11. The van der Waals surface area contributed by atoms with Crippen LogP contribution in [0.3, 0.4) is 0 Å². The molecule has 0 bridgehead atoms. The van der Waals surface area contributed by atoms with E-state index >= 15 is 0 Å². The van der Waals surface area contributed by atoms with Crippen molar-refractivity contribution in [3.05, 3.63) is 95.4 Å². The van der Waals surface area contributed by atoms with E-state index in [2.05, 4.69) is 34.8 Å². The molecule has 0 radical (unpaired) electrons. The van der Waals surface area contributed by atoms with Crippen molar-refractivity contribution in [2.75, 3.05) is 16.0 Å². The number of hydrogen-bond donors (Lipinski definition) is 3. The van der Waals surface area contributed by atoms with Gasteiger partial charge in [-0.3, -0.25) is 0 Å². The molecule has 0 amide bonds. The first-order valence-electron chi connectivity index (χ1n) is 10.8. The smallest absolute Gasteiger partial charge is 0.147 e. The average Bonchev–Trinajstić information content (AvgIpc) is 2.79. The largest absolute Gasteiger partial charge is 0.381 e. The van der Waals surface area contributed by atoms with E-state index in [1.807, 2.05) is 61.5 Å². The van der Waals surface area contributed by atoms with Gasteiger partial charge in [-0.1, -0.05) is 59.6 Å². The van der Waals surface area contributed by atoms with Gasteiger partial charge < -0.3 is 16.0 Å². The number of anilines is 5. The molecule has 0 atom stereocenters. The molecule has 4 rings (SSSR count). The van der Waals surface area contributed by atoms with Crippen LogP contribution in [0.4, 0.5) is 33.0 Å². The monoisotopic (exact) mass is 460 g/mol. The van der Waals surface area contributed by atoms with Crippen LogP contribution < -0.4 is 16.0 Å². The second-order valence-corrected chi connectivity index (χ2v) is 8.61. The number of nitrogens with one attached hydrogen (secondary N) is 3. The zero-order chi connectivity index (χ0) is 23.4. The molecule has 0 spiro atoms. The van der Waals surface area contributed by atoms with E-state index in [0.717, 1.165) is 22.5 Å². The van der Waals surface area contributed by atoms with Gasteiger partial charge in [0.15, 0.2) is 0 Å². The summed E-state index contributed by atoms with van der Waals surface area (Å²) < 4.78 is 14.9. The summed E-state index contributed by atoms with van der Waals surface area (Å²) in [5, 5.41) is 10.3. The third-order valence-corrected chi connectivity index (χ3v) is 5.41. The first kappa shape index (κ1) is 22.6. The van der Waals surface area contributed by atoms with E-state index in [1.54, 1.807) is 18.3 Å². The fourth-order valence-corrected chi connectivity index (χ4v) is 3.61. The maximum absolute atomic E-state index is 14.9. The van der Waals surface area contributed by atoms with Gasteiger partial charge >= 0.3 is 0 Å². The van der Waals surface area contributed by atoms with Gasteiger partial charge in [-0.15, -0.1) is 0 Å². The Balaban J connectivity index is 1.56. The first-order valence-corrected chi connectivity index (χ1v) is 11.2. The molecule has 33 heavy (non-hydrogen) atoms. The van der Waals surface area contributed by atoms with Crippen LogP contribution in [0.1, 0.15) is 19.4 Å². The highest BCUT2D eigenvalue weighted by Gasteiger charge is 2.10. The van der Waals surface area contributed by atoms with Gasteiger partial charge in [-0.25, -0.2) is 9.37 Å². The summed E-state index contributed by atoms with van der Waals surface area (Å²) in [5.74, 6) is 0.129. The zero-order valence-electron chi connectivity index (χ0n) is 18.8. The number of para-hydroxylation sites is 2. The van der Waals surface area contributed by atoms with Crippen molar-refractivity contribution in [1.82, 2.24) is 4.98 Å². The van der Waals surface area contributed by atoms with Crippen molar-refractivity contribution in [3.8, 4) is 11.1 Å². The van der Waals surface area contributed by atoms with Crippen LogP contribution in [0.2, 0.25) is 5.02 Å². The Morgan fingerprint density at radius 1 is 0.788 bits per heavy atom. The molecular weight excluding hydrogens is 435 g/mol. The summed E-state index contributed by atoms with van der Waals surface area (Å²) in [7, 11) is 0. The number of rotatable bonds is 7. The summed E-state index contributed by atoms with van der Waals surface area (Å²) in [6.45, 7) is 6.19. The number of halogens is 2. The lowest BCUT2D eigenvalue weighted by atomic mass is 10.0. The van der Waals surface area contributed by atoms with Gasteiger partial charge in [0.2, 0.25) is 0 Å². The van der Waals surface area contributed by atoms with Gasteiger partial charge in [0.25, 0.3) is 0 Å². The fourth-order valence-electron chi connectivity index (χ4n) is 3.46. The van der Waals surface area contributed by atoms with E-state index in [-0.39, 0.29) is 11.9 Å². The topological polar surface area (TPSA) is 49.0 Å². The molecule has 0 unspecified atom stereocenters. The Kier molecular flexibility index (Phi) is 6.80. The summed E-state index contributed by atoms with van der Waals surface area (Å²) in [4.78, 5) is 4.31. The van der Waals surface area contributed by atoms with Crippen LogP contribution in [0.25, 0.3) is 11.1 Å². The van der Waals surface area contributed by atoms with Gasteiger partial charge in [0, 0.05) is 12.1 Å². The zero-order valence-corrected chi connectivity index (χ0v) is 19.5. The molecule has 4 nitrogen and oxygen atoms in total. The molecule has 0 saturated heterocycles. The van der Waals surface area contributed by atoms with Gasteiger partial charge in [0.05, 0.1) is 34.0 Å². The highest BCUT2D eigenvalue weighted by Crippen LogP contribution is 2.32. The Bertz CT molecular complexity index is 1260. The molecule has 3 N–H and O–H groups in total. The molecule has 3 aromatic carbocycles. The van der Waals surface area contributed by atoms with Gasteiger partial charge in [0.1, 0.15) is 11.6 Å². The summed E-state index contributed by atoms with van der Waals surface area (Å²) in [6, 6.07) is 23.1. The number of nitrogens with zero attached hydrogens (tertiary/aromatic N) is 1. The second-order valence-electron chi connectivity index (χ2n) is 8.20. The van der Waals surface area contributed by atoms with Crippen LogP contribution in [-0.2, 0) is 0 Å². The number of benzene rings is 3. The second kappa shape index (κ2) is 9.92.